The van der Waals surface area contributed by atoms with Gasteiger partial charge in [0.1, 0.15) is 12.3 Å². The fraction of sp³-hybridized carbons (Fsp3) is 0.286. The molecular formula is C14H16N4O4. The minimum atomic E-state index is -1.18. The number of hydrogen-bond donors (Lipinski definition) is 2. The highest BCUT2D eigenvalue weighted by Crippen LogP contribution is 2.12. The van der Waals surface area contributed by atoms with Gasteiger partial charge in [-0.3, -0.25) is 4.79 Å². The van der Waals surface area contributed by atoms with Crippen LogP contribution in [0.15, 0.2) is 30.5 Å². The second-order valence-corrected chi connectivity index (χ2v) is 4.56. The van der Waals surface area contributed by atoms with Crippen LogP contribution in [-0.2, 0) is 17.8 Å². The predicted molar refractivity (Wildman–Crippen MR) is 76.7 cm³/mol. The summed E-state index contributed by atoms with van der Waals surface area (Å²) in [5.74, 6) is -0.665. The van der Waals surface area contributed by atoms with Crippen molar-refractivity contribution in [1.29, 1.82) is 0 Å². The molecule has 0 aliphatic heterocycles. The Balaban J connectivity index is 1.78. The highest BCUT2D eigenvalue weighted by atomic mass is 16.5. The van der Waals surface area contributed by atoms with Gasteiger partial charge in [-0.15, -0.1) is 5.10 Å². The van der Waals surface area contributed by atoms with E-state index in [1.807, 2.05) is 24.3 Å². The Hall–Kier alpha value is -2.90. The molecule has 0 saturated carbocycles. The van der Waals surface area contributed by atoms with Crippen LogP contribution in [0.5, 0.6) is 5.75 Å². The molecule has 0 aliphatic rings. The van der Waals surface area contributed by atoms with Crippen molar-refractivity contribution in [3.63, 3.8) is 0 Å². The topological polar surface area (TPSA) is 106 Å². The smallest absolute Gasteiger partial charge is 0.358 e. The number of carbonyl (C=O) groups is 2. The first-order valence-electron chi connectivity index (χ1n) is 6.61. The Morgan fingerprint density at radius 2 is 2.23 bits per heavy atom. The number of methoxy groups -OCH3 is 1. The van der Waals surface area contributed by atoms with Gasteiger partial charge in [-0.05, 0) is 24.1 Å². The molecule has 2 rings (SSSR count). The molecule has 1 aromatic carbocycles. The molecule has 0 spiro atoms. The van der Waals surface area contributed by atoms with Crippen LogP contribution in [0.4, 0.5) is 0 Å². The number of carbonyl (C=O) groups excluding carboxylic acids is 1. The minimum Gasteiger partial charge on any atom is -0.497 e. The summed E-state index contributed by atoms with van der Waals surface area (Å²) in [7, 11) is 1.60. The second kappa shape index (κ2) is 7.21. The number of nitrogens with one attached hydrogen (secondary N) is 1. The number of rotatable bonds is 7. The van der Waals surface area contributed by atoms with Crippen LogP contribution in [0.1, 0.15) is 16.1 Å². The highest BCUT2D eigenvalue weighted by molar-refractivity contribution is 5.84. The van der Waals surface area contributed by atoms with Gasteiger partial charge in [-0.25, -0.2) is 9.48 Å². The van der Waals surface area contributed by atoms with E-state index in [9.17, 15) is 9.59 Å². The lowest BCUT2D eigenvalue weighted by atomic mass is 10.1. The van der Waals surface area contributed by atoms with Crippen molar-refractivity contribution in [1.82, 2.24) is 20.3 Å². The van der Waals surface area contributed by atoms with Crippen LogP contribution in [-0.4, -0.2) is 45.6 Å². The van der Waals surface area contributed by atoms with Gasteiger partial charge in [0.05, 0.1) is 13.3 Å². The number of carboxylic acids is 1. The minimum absolute atomic E-state index is 0.0710. The summed E-state index contributed by atoms with van der Waals surface area (Å²) in [6, 6.07) is 7.60. The summed E-state index contributed by atoms with van der Waals surface area (Å²) in [6.45, 7) is 0.394. The Bertz CT molecular complexity index is 668. The molecule has 0 unspecified atom stereocenters. The molecule has 0 atom stereocenters. The van der Waals surface area contributed by atoms with Crippen molar-refractivity contribution >= 4 is 11.9 Å². The van der Waals surface area contributed by atoms with Gasteiger partial charge >= 0.3 is 5.97 Å². The van der Waals surface area contributed by atoms with E-state index in [0.29, 0.717) is 13.0 Å². The van der Waals surface area contributed by atoms with Crippen molar-refractivity contribution in [2.45, 2.75) is 13.0 Å². The van der Waals surface area contributed by atoms with E-state index in [-0.39, 0.29) is 18.1 Å². The lowest BCUT2D eigenvalue weighted by Crippen LogP contribution is -2.29. The Labute approximate surface area is 126 Å². The van der Waals surface area contributed by atoms with Crippen molar-refractivity contribution in [2.24, 2.45) is 0 Å². The summed E-state index contributed by atoms with van der Waals surface area (Å²) in [6.07, 6.45) is 1.88. The first-order chi connectivity index (χ1) is 10.6. The number of carboxylic acid groups (broad SMARTS) is 1. The maximum absolute atomic E-state index is 11.7. The summed E-state index contributed by atoms with van der Waals surface area (Å²) in [5, 5.41) is 18.5. The van der Waals surface area contributed by atoms with Crippen molar-refractivity contribution < 1.29 is 19.4 Å². The molecule has 2 aromatic rings. The summed E-state index contributed by atoms with van der Waals surface area (Å²) in [4.78, 5) is 22.4. The Kier molecular flexibility index (Phi) is 5.07. The van der Waals surface area contributed by atoms with E-state index in [4.69, 9.17) is 9.84 Å². The Morgan fingerprint density at radius 1 is 1.41 bits per heavy atom. The number of amides is 1. The average Bonchev–Trinajstić information content (AvgIpc) is 2.96. The second-order valence-electron chi connectivity index (χ2n) is 4.56. The third kappa shape index (κ3) is 4.30. The summed E-state index contributed by atoms with van der Waals surface area (Å²) in [5.41, 5.74) is 0.859. The molecule has 1 amide bonds. The molecule has 2 N–H and O–H groups in total. The summed E-state index contributed by atoms with van der Waals surface area (Å²) < 4.78 is 6.31. The maximum Gasteiger partial charge on any atom is 0.358 e. The third-order valence-electron chi connectivity index (χ3n) is 2.93. The molecule has 0 radical (unpaired) electrons. The van der Waals surface area contributed by atoms with E-state index in [2.05, 4.69) is 15.6 Å². The van der Waals surface area contributed by atoms with Gasteiger partial charge in [0.25, 0.3) is 0 Å². The first-order valence-corrected chi connectivity index (χ1v) is 6.61. The standard InChI is InChI=1S/C14H16N4O4/c1-22-11-4-2-3-10(7-11)5-6-15-13(19)9-18-8-12(14(20)21)16-17-18/h2-4,7-8H,5-6,9H2,1H3,(H,15,19)(H,20,21). The average molecular weight is 304 g/mol. The molecule has 1 aromatic heterocycles. The predicted octanol–water partition coefficient (Wildman–Crippen LogP) is 0.344. The number of aromatic nitrogens is 3. The summed E-state index contributed by atoms with van der Waals surface area (Å²) >= 11 is 0. The zero-order valence-corrected chi connectivity index (χ0v) is 12.0. The zero-order valence-electron chi connectivity index (χ0n) is 12.0. The number of nitrogens with zero attached hydrogens (tertiary/aromatic N) is 3. The lowest BCUT2D eigenvalue weighted by Gasteiger charge is -2.06. The van der Waals surface area contributed by atoms with E-state index in [1.165, 1.54) is 10.9 Å². The monoisotopic (exact) mass is 304 g/mol. The van der Waals surface area contributed by atoms with E-state index in [0.717, 1.165) is 11.3 Å². The van der Waals surface area contributed by atoms with Gasteiger partial charge in [0, 0.05) is 6.54 Å². The number of aromatic carboxylic acids is 1. The van der Waals surface area contributed by atoms with Crippen LogP contribution in [0.2, 0.25) is 0 Å². The van der Waals surface area contributed by atoms with E-state index >= 15 is 0 Å². The van der Waals surface area contributed by atoms with Gasteiger partial charge in [0.2, 0.25) is 5.91 Å². The molecule has 0 bridgehead atoms. The van der Waals surface area contributed by atoms with Crippen LogP contribution in [0.3, 0.4) is 0 Å². The fourth-order valence-electron chi connectivity index (χ4n) is 1.85. The molecule has 116 valence electrons. The van der Waals surface area contributed by atoms with Crippen molar-refractivity contribution in [2.75, 3.05) is 13.7 Å². The first kappa shape index (κ1) is 15.5. The van der Waals surface area contributed by atoms with Gasteiger partial charge in [-0.2, -0.15) is 0 Å². The van der Waals surface area contributed by atoms with Crippen LogP contribution in [0, 0.1) is 0 Å². The molecule has 0 fully saturated rings. The molecule has 8 nitrogen and oxygen atoms in total. The van der Waals surface area contributed by atoms with Gasteiger partial charge < -0.3 is 15.2 Å². The number of ether oxygens (including phenoxy) is 1. The molecule has 0 saturated heterocycles. The maximum atomic E-state index is 11.7. The van der Waals surface area contributed by atoms with Gasteiger partial charge in [0.15, 0.2) is 5.69 Å². The normalized spacial score (nSPS) is 10.2. The van der Waals surface area contributed by atoms with E-state index < -0.39 is 5.97 Å². The number of benzene rings is 1. The largest absolute Gasteiger partial charge is 0.497 e. The third-order valence-corrected chi connectivity index (χ3v) is 2.93. The Morgan fingerprint density at radius 3 is 2.91 bits per heavy atom. The lowest BCUT2D eigenvalue weighted by molar-refractivity contribution is -0.121. The molecule has 1 heterocycles. The highest BCUT2D eigenvalue weighted by Gasteiger charge is 2.10. The van der Waals surface area contributed by atoms with E-state index in [1.54, 1.807) is 7.11 Å². The van der Waals surface area contributed by atoms with Crippen LogP contribution >= 0.6 is 0 Å². The zero-order chi connectivity index (χ0) is 15.9. The molecular weight excluding hydrogens is 288 g/mol. The van der Waals surface area contributed by atoms with Crippen LogP contribution in [0.25, 0.3) is 0 Å². The van der Waals surface area contributed by atoms with Crippen molar-refractivity contribution in [3.05, 3.63) is 41.7 Å². The molecule has 8 heteroatoms. The van der Waals surface area contributed by atoms with Gasteiger partial charge in [-0.1, -0.05) is 17.3 Å². The molecule has 22 heavy (non-hydrogen) atoms. The fourth-order valence-corrected chi connectivity index (χ4v) is 1.85. The van der Waals surface area contributed by atoms with Crippen molar-refractivity contribution in [3.8, 4) is 5.75 Å². The van der Waals surface area contributed by atoms with Crippen LogP contribution < -0.4 is 10.1 Å². The molecule has 0 aliphatic carbocycles. The SMILES string of the molecule is COc1cccc(CCNC(=O)Cn2cc(C(=O)O)nn2)c1. The quantitative estimate of drug-likeness (QED) is 0.764. The number of hydrogen-bond acceptors (Lipinski definition) is 5.